The Hall–Kier alpha value is -4.71. The van der Waals surface area contributed by atoms with Crippen molar-refractivity contribution in [2.75, 3.05) is 22.5 Å². The van der Waals surface area contributed by atoms with E-state index in [0.717, 1.165) is 56.9 Å². The van der Waals surface area contributed by atoms with Crippen molar-refractivity contribution < 1.29 is 4.79 Å². The average Bonchev–Trinajstić information content (AvgIpc) is 2.91. The van der Waals surface area contributed by atoms with E-state index in [1.807, 2.05) is 62.4 Å². The van der Waals surface area contributed by atoms with Crippen LogP contribution in [0, 0.1) is 19.8 Å². The van der Waals surface area contributed by atoms with Crippen molar-refractivity contribution in [3.8, 4) is 11.3 Å². The maximum atomic E-state index is 12.8. The monoisotopic (exact) mass is 515 g/mol. The van der Waals surface area contributed by atoms with E-state index >= 15 is 0 Å². The van der Waals surface area contributed by atoms with Crippen LogP contribution in [-0.2, 0) is 0 Å². The lowest BCUT2D eigenvalue weighted by molar-refractivity contribution is 0.102. The van der Waals surface area contributed by atoms with Gasteiger partial charge in [-0.25, -0.2) is 9.97 Å². The molecule has 0 aliphatic carbocycles. The number of nitrogens with one attached hydrogen (secondary N) is 3. The summed E-state index contributed by atoms with van der Waals surface area (Å²) in [4.78, 5) is 22.4. The molecule has 0 fully saturated rings. The molecule has 5 rings (SSSR count). The molecule has 0 saturated carbocycles. The molecule has 3 N–H and O–H groups in total. The molecule has 4 aromatic carbocycles. The molecule has 6 heteroatoms. The zero-order valence-corrected chi connectivity index (χ0v) is 22.7. The first kappa shape index (κ1) is 25.9. The Balaban J connectivity index is 1.36. The minimum Gasteiger partial charge on any atom is -0.385 e. The van der Waals surface area contributed by atoms with Gasteiger partial charge in [0.25, 0.3) is 5.91 Å². The number of hydrogen-bond donors (Lipinski definition) is 3. The Kier molecular flexibility index (Phi) is 7.55. The van der Waals surface area contributed by atoms with Crippen LogP contribution in [0.5, 0.6) is 0 Å². The summed E-state index contributed by atoms with van der Waals surface area (Å²) in [5.74, 6) is 0.922. The van der Waals surface area contributed by atoms with Gasteiger partial charge in [-0.15, -0.1) is 0 Å². The van der Waals surface area contributed by atoms with Crippen LogP contribution in [-0.4, -0.2) is 22.4 Å². The number of carbonyl (C=O) groups excluding carboxylic acids is 1. The third-order valence-electron chi connectivity index (χ3n) is 6.36. The summed E-state index contributed by atoms with van der Waals surface area (Å²) in [6.07, 6.45) is 0. The Labute approximate surface area is 229 Å². The second-order valence-electron chi connectivity index (χ2n) is 10.3. The molecule has 1 aromatic heterocycles. The number of benzene rings is 4. The normalized spacial score (nSPS) is 11.0. The summed E-state index contributed by atoms with van der Waals surface area (Å²) < 4.78 is 0. The molecular weight excluding hydrogens is 482 g/mol. The number of hydrogen-bond acceptors (Lipinski definition) is 5. The fraction of sp³-hybridized carbons (Fsp3) is 0.182. The van der Waals surface area contributed by atoms with Crippen LogP contribution in [0.3, 0.4) is 0 Å². The minimum atomic E-state index is -0.151. The molecule has 39 heavy (non-hydrogen) atoms. The SMILES string of the molecule is Cc1cc(C)cc(NC(=O)c2ccc(Nc3nc(-c4ccc(NCC(C)C)cc4)c4ccccc4n3)cc2)c1. The molecule has 6 nitrogen and oxygen atoms in total. The maximum absolute atomic E-state index is 12.8. The number of amides is 1. The number of carbonyl (C=O) groups is 1. The highest BCUT2D eigenvalue weighted by molar-refractivity contribution is 6.04. The van der Waals surface area contributed by atoms with E-state index in [2.05, 4.69) is 60.1 Å². The van der Waals surface area contributed by atoms with E-state index in [1.54, 1.807) is 12.1 Å². The fourth-order valence-electron chi connectivity index (χ4n) is 4.50. The number of fused-ring (bicyclic) bond motifs is 1. The van der Waals surface area contributed by atoms with E-state index in [4.69, 9.17) is 9.97 Å². The predicted molar refractivity (Wildman–Crippen MR) is 162 cm³/mol. The lowest BCUT2D eigenvalue weighted by Crippen LogP contribution is -2.12. The van der Waals surface area contributed by atoms with Crippen molar-refractivity contribution in [3.63, 3.8) is 0 Å². The predicted octanol–water partition coefficient (Wildman–Crippen LogP) is 7.98. The van der Waals surface area contributed by atoms with Gasteiger partial charge in [0.05, 0.1) is 11.2 Å². The van der Waals surface area contributed by atoms with Crippen LogP contribution in [0.2, 0.25) is 0 Å². The Morgan fingerprint density at radius 2 is 1.44 bits per heavy atom. The topological polar surface area (TPSA) is 78.9 Å². The second-order valence-corrected chi connectivity index (χ2v) is 10.3. The Bertz CT molecular complexity index is 1590. The number of rotatable bonds is 8. The third kappa shape index (κ3) is 6.41. The third-order valence-corrected chi connectivity index (χ3v) is 6.36. The van der Waals surface area contributed by atoms with E-state index in [-0.39, 0.29) is 5.91 Å². The molecule has 0 aliphatic heterocycles. The molecule has 0 spiro atoms. The zero-order valence-electron chi connectivity index (χ0n) is 22.7. The van der Waals surface area contributed by atoms with Gasteiger partial charge in [-0.05, 0) is 85.5 Å². The number of para-hydroxylation sites is 1. The standard InChI is InChI=1S/C33H33N5O/c1-21(2)20-34-26-13-9-24(10-14-26)31-29-7-5-6-8-30(29)37-33(38-31)36-27-15-11-25(12-16-27)32(39)35-28-18-22(3)17-23(4)19-28/h5-19,21,34H,20H2,1-4H3,(H,35,39)(H,36,37,38). The summed E-state index contributed by atoms with van der Waals surface area (Å²) in [5, 5.41) is 10.7. The van der Waals surface area contributed by atoms with Gasteiger partial charge in [0, 0.05) is 40.1 Å². The lowest BCUT2D eigenvalue weighted by Gasteiger charge is -2.12. The van der Waals surface area contributed by atoms with Gasteiger partial charge in [-0.2, -0.15) is 0 Å². The Morgan fingerprint density at radius 3 is 2.13 bits per heavy atom. The van der Waals surface area contributed by atoms with Gasteiger partial charge in [0.2, 0.25) is 5.95 Å². The zero-order chi connectivity index (χ0) is 27.4. The average molecular weight is 516 g/mol. The number of aromatic nitrogens is 2. The molecule has 0 saturated heterocycles. The van der Waals surface area contributed by atoms with Crippen molar-refractivity contribution in [3.05, 3.63) is 108 Å². The van der Waals surface area contributed by atoms with Crippen LogP contribution >= 0.6 is 0 Å². The minimum absolute atomic E-state index is 0.151. The lowest BCUT2D eigenvalue weighted by atomic mass is 10.1. The van der Waals surface area contributed by atoms with Crippen LogP contribution in [0.1, 0.15) is 35.3 Å². The largest absolute Gasteiger partial charge is 0.385 e. The van der Waals surface area contributed by atoms with Gasteiger partial charge in [0.15, 0.2) is 0 Å². The van der Waals surface area contributed by atoms with Crippen molar-refractivity contribution in [2.45, 2.75) is 27.7 Å². The molecule has 0 aliphatic rings. The highest BCUT2D eigenvalue weighted by atomic mass is 16.1. The van der Waals surface area contributed by atoms with Crippen molar-refractivity contribution >= 4 is 39.8 Å². The molecular formula is C33H33N5O. The van der Waals surface area contributed by atoms with E-state index < -0.39 is 0 Å². The molecule has 0 bridgehead atoms. The summed E-state index contributed by atoms with van der Waals surface area (Å²) in [6, 6.07) is 29.7. The van der Waals surface area contributed by atoms with Gasteiger partial charge in [0.1, 0.15) is 0 Å². The molecule has 0 atom stereocenters. The van der Waals surface area contributed by atoms with Gasteiger partial charge in [-0.3, -0.25) is 4.79 Å². The summed E-state index contributed by atoms with van der Waals surface area (Å²) in [7, 11) is 0. The molecule has 0 radical (unpaired) electrons. The van der Waals surface area contributed by atoms with Gasteiger partial charge in [-0.1, -0.05) is 50.2 Å². The van der Waals surface area contributed by atoms with Crippen molar-refractivity contribution in [2.24, 2.45) is 5.92 Å². The van der Waals surface area contributed by atoms with E-state index in [9.17, 15) is 4.79 Å². The van der Waals surface area contributed by atoms with Gasteiger partial charge < -0.3 is 16.0 Å². The Morgan fingerprint density at radius 1 is 0.769 bits per heavy atom. The first-order valence-corrected chi connectivity index (χ1v) is 13.2. The number of anilines is 4. The van der Waals surface area contributed by atoms with Crippen LogP contribution in [0.25, 0.3) is 22.2 Å². The van der Waals surface area contributed by atoms with Crippen LogP contribution < -0.4 is 16.0 Å². The first-order valence-electron chi connectivity index (χ1n) is 13.2. The van der Waals surface area contributed by atoms with Crippen molar-refractivity contribution in [1.82, 2.24) is 9.97 Å². The molecule has 5 aromatic rings. The smallest absolute Gasteiger partial charge is 0.255 e. The van der Waals surface area contributed by atoms with E-state index in [0.29, 0.717) is 17.4 Å². The van der Waals surface area contributed by atoms with Gasteiger partial charge >= 0.3 is 0 Å². The van der Waals surface area contributed by atoms with E-state index in [1.165, 1.54) is 0 Å². The summed E-state index contributed by atoms with van der Waals surface area (Å²) in [6.45, 7) is 9.35. The molecule has 1 amide bonds. The fourth-order valence-corrected chi connectivity index (χ4v) is 4.50. The quantitative estimate of drug-likeness (QED) is 0.195. The maximum Gasteiger partial charge on any atom is 0.255 e. The molecule has 0 unspecified atom stereocenters. The number of nitrogens with zero attached hydrogens (tertiary/aromatic N) is 2. The molecule has 196 valence electrons. The van der Waals surface area contributed by atoms with Crippen LogP contribution in [0.4, 0.5) is 23.0 Å². The highest BCUT2D eigenvalue weighted by Gasteiger charge is 2.12. The second kappa shape index (κ2) is 11.4. The first-order chi connectivity index (χ1) is 18.8. The highest BCUT2D eigenvalue weighted by Crippen LogP contribution is 2.29. The number of aryl methyl sites for hydroxylation is 2. The summed E-state index contributed by atoms with van der Waals surface area (Å²) in [5.41, 5.74) is 8.21. The molecule has 1 heterocycles. The van der Waals surface area contributed by atoms with Crippen LogP contribution in [0.15, 0.2) is 91.0 Å². The van der Waals surface area contributed by atoms with Crippen molar-refractivity contribution in [1.29, 1.82) is 0 Å². The summed E-state index contributed by atoms with van der Waals surface area (Å²) >= 11 is 0.